The van der Waals surface area contributed by atoms with Crippen molar-refractivity contribution in [1.29, 1.82) is 0 Å². The topological polar surface area (TPSA) is 27.3 Å². The van der Waals surface area contributed by atoms with Crippen molar-refractivity contribution in [3.05, 3.63) is 0 Å². The van der Waals surface area contributed by atoms with E-state index in [1.165, 1.54) is 71.4 Å². The van der Waals surface area contributed by atoms with Gasteiger partial charge in [-0.05, 0) is 49.4 Å². The van der Waals surface area contributed by atoms with E-state index in [1.54, 1.807) is 0 Å². The first kappa shape index (κ1) is 15.8. The average Bonchev–Trinajstić information content (AvgIpc) is 2.43. The monoisotopic (exact) mass is 293 g/mol. The maximum absolute atomic E-state index is 3.44. The van der Waals surface area contributed by atoms with Crippen LogP contribution in [0.3, 0.4) is 0 Å². The molecule has 1 atom stereocenters. The molecule has 0 aromatic rings. The highest BCUT2D eigenvalue weighted by molar-refractivity contribution is 4.88. The van der Waals surface area contributed by atoms with Gasteiger partial charge in [0.05, 0.1) is 0 Å². The second kappa shape index (κ2) is 7.43. The summed E-state index contributed by atoms with van der Waals surface area (Å²) in [7, 11) is 0. The Morgan fingerprint density at radius 3 is 1.81 bits per heavy atom. The molecule has 3 rings (SSSR count). The number of nitrogens with zero attached hydrogens (tertiary/aromatic N) is 1. The third-order valence-corrected chi connectivity index (χ3v) is 6.42. The van der Waals surface area contributed by atoms with Gasteiger partial charge in [0.1, 0.15) is 0 Å². The maximum Gasteiger partial charge on any atom is 0.00957 e. The first-order chi connectivity index (χ1) is 10.3. The zero-order chi connectivity index (χ0) is 14.7. The summed E-state index contributed by atoms with van der Waals surface area (Å²) in [5.74, 6) is 3.78. The first-order valence-electron chi connectivity index (χ1n) is 9.41. The third-order valence-electron chi connectivity index (χ3n) is 6.42. The summed E-state index contributed by atoms with van der Waals surface area (Å²) in [6.45, 7) is 12.5. The lowest BCUT2D eigenvalue weighted by molar-refractivity contribution is 0.0693. The Labute approximate surface area is 131 Å². The van der Waals surface area contributed by atoms with Gasteiger partial charge in [-0.15, -0.1) is 0 Å². The number of hydrogen-bond acceptors (Lipinski definition) is 3. The van der Waals surface area contributed by atoms with Crippen LogP contribution in [0.15, 0.2) is 0 Å². The molecule has 3 nitrogen and oxygen atoms in total. The van der Waals surface area contributed by atoms with Gasteiger partial charge in [0, 0.05) is 45.3 Å². The van der Waals surface area contributed by atoms with Crippen LogP contribution in [0, 0.1) is 23.7 Å². The second-order valence-electron chi connectivity index (χ2n) is 7.96. The molecule has 1 aliphatic carbocycles. The maximum atomic E-state index is 3.44. The molecule has 3 fully saturated rings. The highest BCUT2D eigenvalue weighted by Crippen LogP contribution is 2.34. The number of rotatable bonds is 7. The smallest absolute Gasteiger partial charge is 0.00957 e. The average molecular weight is 293 g/mol. The van der Waals surface area contributed by atoms with Crippen molar-refractivity contribution in [1.82, 2.24) is 15.5 Å². The quantitative estimate of drug-likeness (QED) is 0.754. The summed E-state index contributed by atoms with van der Waals surface area (Å²) in [5, 5.41) is 6.88. The fraction of sp³-hybridized carbons (Fsp3) is 1.00. The predicted molar refractivity (Wildman–Crippen MR) is 89.5 cm³/mol. The van der Waals surface area contributed by atoms with Crippen LogP contribution in [0.5, 0.6) is 0 Å². The summed E-state index contributed by atoms with van der Waals surface area (Å²) >= 11 is 0. The molecular weight excluding hydrogens is 258 g/mol. The lowest BCUT2D eigenvalue weighted by Crippen LogP contribution is -2.55. The van der Waals surface area contributed by atoms with Crippen LogP contribution in [0.4, 0.5) is 0 Å². The summed E-state index contributed by atoms with van der Waals surface area (Å²) in [6.07, 6.45) is 7.22. The van der Waals surface area contributed by atoms with E-state index >= 15 is 0 Å². The van der Waals surface area contributed by atoms with Crippen LogP contribution in [0.25, 0.3) is 0 Å². The van der Waals surface area contributed by atoms with Gasteiger partial charge in [-0.1, -0.05) is 20.3 Å². The van der Waals surface area contributed by atoms with Gasteiger partial charge in [0.25, 0.3) is 0 Å². The molecule has 21 heavy (non-hydrogen) atoms. The van der Waals surface area contributed by atoms with Crippen LogP contribution >= 0.6 is 0 Å². The van der Waals surface area contributed by atoms with E-state index < -0.39 is 0 Å². The van der Waals surface area contributed by atoms with Crippen molar-refractivity contribution in [2.75, 3.05) is 39.3 Å². The van der Waals surface area contributed by atoms with E-state index in [1.807, 2.05) is 0 Å². The van der Waals surface area contributed by atoms with Crippen molar-refractivity contribution >= 4 is 0 Å². The standard InChI is InChI=1S/C18H35N3/c1-3-14(2)17-4-6-18(7-5-17)21(12-15-8-19-9-15)13-16-10-20-11-16/h14-20H,3-13H2,1-2H3/t14?,17-,18-. The van der Waals surface area contributed by atoms with E-state index in [2.05, 4.69) is 29.4 Å². The number of hydrogen-bond donors (Lipinski definition) is 2. The zero-order valence-electron chi connectivity index (χ0n) is 14.1. The molecule has 0 amide bonds. The van der Waals surface area contributed by atoms with Gasteiger partial charge < -0.3 is 10.6 Å². The summed E-state index contributed by atoms with van der Waals surface area (Å²) in [6, 6.07) is 0.881. The fourth-order valence-corrected chi connectivity index (χ4v) is 4.36. The van der Waals surface area contributed by atoms with E-state index in [4.69, 9.17) is 0 Å². The largest absolute Gasteiger partial charge is 0.316 e. The minimum absolute atomic E-state index is 0.881. The second-order valence-corrected chi connectivity index (χ2v) is 7.96. The Kier molecular flexibility index (Phi) is 5.58. The highest BCUT2D eigenvalue weighted by Gasteiger charge is 2.32. The lowest BCUT2D eigenvalue weighted by atomic mass is 9.77. The van der Waals surface area contributed by atoms with Crippen LogP contribution in [0.2, 0.25) is 0 Å². The van der Waals surface area contributed by atoms with E-state index in [9.17, 15) is 0 Å². The van der Waals surface area contributed by atoms with Crippen LogP contribution < -0.4 is 10.6 Å². The molecule has 0 aromatic heterocycles. The van der Waals surface area contributed by atoms with Gasteiger partial charge >= 0.3 is 0 Å². The third kappa shape index (κ3) is 4.00. The highest BCUT2D eigenvalue weighted by atomic mass is 15.2. The fourth-order valence-electron chi connectivity index (χ4n) is 4.36. The molecule has 2 saturated heterocycles. The molecule has 2 aliphatic heterocycles. The molecule has 0 bridgehead atoms. The Morgan fingerprint density at radius 1 is 0.905 bits per heavy atom. The molecule has 3 aliphatic rings. The lowest BCUT2D eigenvalue weighted by Gasteiger charge is -2.44. The Hall–Kier alpha value is -0.120. The summed E-state index contributed by atoms with van der Waals surface area (Å²) < 4.78 is 0. The van der Waals surface area contributed by atoms with Gasteiger partial charge in [-0.2, -0.15) is 0 Å². The minimum atomic E-state index is 0.881. The van der Waals surface area contributed by atoms with Crippen LogP contribution in [-0.2, 0) is 0 Å². The van der Waals surface area contributed by atoms with E-state index in [0.717, 1.165) is 29.7 Å². The number of nitrogens with one attached hydrogen (secondary N) is 2. The van der Waals surface area contributed by atoms with Gasteiger partial charge in [-0.3, -0.25) is 4.90 Å². The van der Waals surface area contributed by atoms with Crippen molar-refractivity contribution in [2.45, 2.75) is 52.0 Å². The first-order valence-corrected chi connectivity index (χ1v) is 9.41. The molecule has 2 heterocycles. The molecule has 0 aromatic carbocycles. The molecule has 1 unspecified atom stereocenters. The van der Waals surface area contributed by atoms with Crippen LogP contribution in [0.1, 0.15) is 46.0 Å². The molecule has 0 radical (unpaired) electrons. The van der Waals surface area contributed by atoms with E-state index in [-0.39, 0.29) is 0 Å². The Bertz CT molecular complexity index is 288. The van der Waals surface area contributed by atoms with Gasteiger partial charge in [-0.25, -0.2) is 0 Å². The van der Waals surface area contributed by atoms with Crippen molar-refractivity contribution in [3.8, 4) is 0 Å². The normalized spacial score (nSPS) is 32.7. The Morgan fingerprint density at radius 2 is 1.43 bits per heavy atom. The van der Waals surface area contributed by atoms with E-state index in [0.29, 0.717) is 0 Å². The van der Waals surface area contributed by atoms with Crippen molar-refractivity contribution < 1.29 is 0 Å². The zero-order valence-corrected chi connectivity index (χ0v) is 14.1. The molecular formula is C18H35N3. The summed E-state index contributed by atoms with van der Waals surface area (Å²) in [5.41, 5.74) is 0. The Balaban J connectivity index is 1.50. The predicted octanol–water partition coefficient (Wildman–Crippen LogP) is 2.33. The van der Waals surface area contributed by atoms with Crippen molar-refractivity contribution in [3.63, 3.8) is 0 Å². The molecule has 2 N–H and O–H groups in total. The van der Waals surface area contributed by atoms with Crippen molar-refractivity contribution in [2.24, 2.45) is 23.7 Å². The SMILES string of the molecule is CCC(C)[C@H]1CC[C@H](N(CC2CNC2)CC2CNC2)CC1. The molecule has 3 heteroatoms. The molecule has 122 valence electrons. The molecule has 0 spiro atoms. The molecule has 1 saturated carbocycles. The minimum Gasteiger partial charge on any atom is -0.316 e. The van der Waals surface area contributed by atoms with Crippen LogP contribution in [-0.4, -0.2) is 50.2 Å². The van der Waals surface area contributed by atoms with Gasteiger partial charge in [0.2, 0.25) is 0 Å². The summed E-state index contributed by atoms with van der Waals surface area (Å²) in [4.78, 5) is 2.88. The van der Waals surface area contributed by atoms with Gasteiger partial charge in [0.15, 0.2) is 0 Å².